The van der Waals surface area contributed by atoms with Crippen LogP contribution in [0.15, 0.2) is 0 Å². The van der Waals surface area contributed by atoms with Crippen molar-refractivity contribution in [2.45, 2.75) is 46.5 Å². The van der Waals surface area contributed by atoms with E-state index in [2.05, 4.69) is 45.9 Å². The molecule has 0 aromatic carbocycles. The molecule has 1 aliphatic rings. The van der Waals surface area contributed by atoms with Crippen molar-refractivity contribution in [3.63, 3.8) is 0 Å². The number of aromatic nitrogens is 3. The van der Waals surface area contributed by atoms with Gasteiger partial charge in [0.25, 0.3) is 0 Å². The number of piperidine rings is 1. The highest BCUT2D eigenvalue weighted by molar-refractivity contribution is 5.38. The van der Waals surface area contributed by atoms with Crippen LogP contribution < -0.4 is 15.0 Å². The van der Waals surface area contributed by atoms with Gasteiger partial charge in [0.15, 0.2) is 0 Å². The fraction of sp³-hybridized carbons (Fsp3) is 0.800. The zero-order valence-corrected chi connectivity index (χ0v) is 13.6. The van der Waals surface area contributed by atoms with Gasteiger partial charge in [0, 0.05) is 20.1 Å². The third-order valence-electron chi connectivity index (χ3n) is 3.55. The quantitative estimate of drug-likeness (QED) is 0.900. The van der Waals surface area contributed by atoms with Gasteiger partial charge < -0.3 is 15.0 Å². The topological polar surface area (TPSA) is 63.2 Å². The van der Waals surface area contributed by atoms with Crippen LogP contribution in [0.4, 0.5) is 11.9 Å². The summed E-state index contributed by atoms with van der Waals surface area (Å²) in [4.78, 5) is 15.4. The average Bonchev–Trinajstić information content (AvgIpc) is 2.46. The number of nitrogens with zero attached hydrogens (tertiary/aromatic N) is 4. The van der Waals surface area contributed by atoms with E-state index in [-0.39, 0.29) is 5.41 Å². The lowest BCUT2D eigenvalue weighted by atomic mass is 9.93. The highest BCUT2D eigenvalue weighted by Crippen LogP contribution is 2.21. The van der Waals surface area contributed by atoms with Gasteiger partial charge in [-0.3, -0.25) is 0 Å². The summed E-state index contributed by atoms with van der Waals surface area (Å²) in [6.45, 7) is 9.23. The van der Waals surface area contributed by atoms with Crippen molar-refractivity contribution in [1.29, 1.82) is 0 Å². The maximum atomic E-state index is 5.73. The monoisotopic (exact) mass is 293 g/mol. The second-order valence-electron chi connectivity index (χ2n) is 6.70. The highest BCUT2D eigenvalue weighted by Gasteiger charge is 2.17. The summed E-state index contributed by atoms with van der Waals surface area (Å²) in [5.74, 6) is 1.29. The van der Waals surface area contributed by atoms with Crippen LogP contribution in [0.25, 0.3) is 0 Å². The molecule has 1 aromatic heterocycles. The summed E-state index contributed by atoms with van der Waals surface area (Å²) >= 11 is 0. The standard InChI is InChI=1S/C15H27N5O/c1-15(2,3)8-11-21-14-18-12(16-4)17-13(19-14)20-9-6-5-7-10-20/h5-11H2,1-4H3,(H,16,17,18,19). The molecule has 6 heteroatoms. The Morgan fingerprint density at radius 2 is 1.81 bits per heavy atom. The molecule has 2 heterocycles. The van der Waals surface area contributed by atoms with Gasteiger partial charge in [0.2, 0.25) is 11.9 Å². The molecule has 2 rings (SSSR count). The van der Waals surface area contributed by atoms with Crippen LogP contribution in [-0.4, -0.2) is 41.7 Å². The molecule has 0 bridgehead atoms. The second kappa shape index (κ2) is 6.91. The van der Waals surface area contributed by atoms with Gasteiger partial charge in [0.1, 0.15) is 0 Å². The Hall–Kier alpha value is -1.59. The molecule has 1 saturated heterocycles. The minimum Gasteiger partial charge on any atom is -0.463 e. The van der Waals surface area contributed by atoms with Crippen molar-refractivity contribution < 1.29 is 4.74 Å². The van der Waals surface area contributed by atoms with E-state index < -0.39 is 0 Å². The van der Waals surface area contributed by atoms with Crippen LogP contribution >= 0.6 is 0 Å². The first-order chi connectivity index (χ1) is 9.98. The predicted octanol–water partition coefficient (Wildman–Crippen LogP) is 2.72. The van der Waals surface area contributed by atoms with Crippen LogP contribution in [-0.2, 0) is 0 Å². The van der Waals surface area contributed by atoms with Gasteiger partial charge in [0.05, 0.1) is 6.61 Å². The van der Waals surface area contributed by atoms with E-state index in [0.29, 0.717) is 18.6 Å². The Morgan fingerprint density at radius 3 is 2.43 bits per heavy atom. The number of hydrogen-bond donors (Lipinski definition) is 1. The van der Waals surface area contributed by atoms with Crippen LogP contribution in [0, 0.1) is 5.41 Å². The van der Waals surface area contributed by atoms with Crippen LogP contribution in [0.1, 0.15) is 46.5 Å². The maximum absolute atomic E-state index is 5.73. The molecule has 0 radical (unpaired) electrons. The summed E-state index contributed by atoms with van der Waals surface area (Å²) in [6, 6.07) is 0.416. The molecule has 1 aliphatic heterocycles. The first kappa shape index (κ1) is 15.8. The third-order valence-corrected chi connectivity index (χ3v) is 3.55. The predicted molar refractivity (Wildman–Crippen MR) is 85.0 cm³/mol. The zero-order valence-electron chi connectivity index (χ0n) is 13.6. The molecule has 0 saturated carbocycles. The van der Waals surface area contributed by atoms with E-state index in [0.717, 1.165) is 25.5 Å². The second-order valence-corrected chi connectivity index (χ2v) is 6.70. The molecule has 0 unspecified atom stereocenters. The first-order valence-corrected chi connectivity index (χ1v) is 7.79. The summed E-state index contributed by atoms with van der Waals surface area (Å²) in [7, 11) is 1.81. The lowest BCUT2D eigenvalue weighted by molar-refractivity contribution is 0.228. The summed E-state index contributed by atoms with van der Waals surface area (Å²) < 4.78 is 5.73. The van der Waals surface area contributed by atoms with Gasteiger partial charge >= 0.3 is 6.01 Å². The maximum Gasteiger partial charge on any atom is 0.323 e. The van der Waals surface area contributed by atoms with Gasteiger partial charge in [-0.05, 0) is 31.1 Å². The van der Waals surface area contributed by atoms with E-state index in [9.17, 15) is 0 Å². The summed E-state index contributed by atoms with van der Waals surface area (Å²) in [5.41, 5.74) is 0.245. The van der Waals surface area contributed by atoms with Crippen molar-refractivity contribution in [2.75, 3.05) is 37.0 Å². The fourth-order valence-electron chi connectivity index (χ4n) is 2.21. The molecule has 1 N–H and O–H groups in total. The molecule has 0 atom stereocenters. The van der Waals surface area contributed by atoms with Crippen molar-refractivity contribution >= 4 is 11.9 Å². The van der Waals surface area contributed by atoms with Crippen molar-refractivity contribution in [2.24, 2.45) is 5.41 Å². The summed E-state index contributed by atoms with van der Waals surface area (Å²) in [5, 5.41) is 2.98. The fourth-order valence-corrected chi connectivity index (χ4v) is 2.21. The minimum absolute atomic E-state index is 0.245. The lowest BCUT2D eigenvalue weighted by Crippen LogP contribution is -2.31. The van der Waals surface area contributed by atoms with E-state index in [1.165, 1.54) is 19.3 Å². The number of nitrogens with one attached hydrogen (secondary N) is 1. The molecular formula is C15H27N5O. The van der Waals surface area contributed by atoms with E-state index in [1.807, 2.05) is 7.05 Å². The zero-order chi connectivity index (χ0) is 15.3. The Balaban J connectivity index is 2.06. The van der Waals surface area contributed by atoms with Gasteiger partial charge in [-0.2, -0.15) is 15.0 Å². The Morgan fingerprint density at radius 1 is 1.10 bits per heavy atom. The van der Waals surface area contributed by atoms with Crippen molar-refractivity contribution in [3.05, 3.63) is 0 Å². The molecule has 1 aromatic rings. The number of rotatable bonds is 5. The van der Waals surface area contributed by atoms with Crippen molar-refractivity contribution in [1.82, 2.24) is 15.0 Å². The lowest BCUT2D eigenvalue weighted by Gasteiger charge is -2.26. The van der Waals surface area contributed by atoms with E-state index in [4.69, 9.17) is 4.74 Å². The number of ether oxygens (including phenoxy) is 1. The van der Waals surface area contributed by atoms with Gasteiger partial charge in [-0.25, -0.2) is 0 Å². The SMILES string of the molecule is CNc1nc(OCCC(C)(C)C)nc(N2CCCCC2)n1. The highest BCUT2D eigenvalue weighted by atomic mass is 16.5. The number of hydrogen-bond acceptors (Lipinski definition) is 6. The molecule has 118 valence electrons. The Bertz CT molecular complexity index is 452. The molecule has 0 aliphatic carbocycles. The number of anilines is 2. The average molecular weight is 293 g/mol. The van der Waals surface area contributed by atoms with E-state index >= 15 is 0 Å². The minimum atomic E-state index is 0.245. The molecular weight excluding hydrogens is 266 g/mol. The van der Waals surface area contributed by atoms with Crippen LogP contribution in [0.3, 0.4) is 0 Å². The van der Waals surface area contributed by atoms with Crippen LogP contribution in [0.5, 0.6) is 6.01 Å². The molecule has 6 nitrogen and oxygen atoms in total. The first-order valence-electron chi connectivity index (χ1n) is 7.79. The molecule has 0 amide bonds. The largest absolute Gasteiger partial charge is 0.463 e. The van der Waals surface area contributed by atoms with Gasteiger partial charge in [-0.1, -0.05) is 20.8 Å². The Labute approximate surface area is 127 Å². The molecule has 21 heavy (non-hydrogen) atoms. The Kier molecular flexibility index (Phi) is 5.20. The summed E-state index contributed by atoms with van der Waals surface area (Å²) in [6.07, 6.45) is 4.64. The molecule has 0 spiro atoms. The smallest absolute Gasteiger partial charge is 0.323 e. The van der Waals surface area contributed by atoms with Crippen molar-refractivity contribution in [3.8, 4) is 6.01 Å². The van der Waals surface area contributed by atoms with E-state index in [1.54, 1.807) is 0 Å². The third kappa shape index (κ3) is 5.02. The van der Waals surface area contributed by atoms with Gasteiger partial charge in [-0.15, -0.1) is 0 Å². The molecule has 1 fully saturated rings. The normalized spacial score (nSPS) is 15.9. The van der Waals surface area contributed by atoms with Crippen LogP contribution in [0.2, 0.25) is 0 Å².